The standard InChI is InChI=1S/C8H16N2O2/c1-3-4-5-6-8(10-12)7(2)9-11/h11-12H,3-6H2,1-2H3/b9-7-,10-8-. The third kappa shape index (κ3) is 3.95. The van der Waals surface area contributed by atoms with E-state index in [0.717, 1.165) is 19.3 Å². The van der Waals surface area contributed by atoms with Gasteiger partial charge in [0.2, 0.25) is 0 Å². The second kappa shape index (κ2) is 6.64. The lowest BCUT2D eigenvalue weighted by Crippen LogP contribution is -2.10. The molecule has 0 bridgehead atoms. The summed E-state index contributed by atoms with van der Waals surface area (Å²) in [6.45, 7) is 3.71. The van der Waals surface area contributed by atoms with Gasteiger partial charge in [0.15, 0.2) is 0 Å². The predicted octanol–water partition coefficient (Wildman–Crippen LogP) is 2.25. The Kier molecular flexibility index (Phi) is 6.05. The molecule has 0 atom stereocenters. The summed E-state index contributed by atoms with van der Waals surface area (Å²) < 4.78 is 0. The molecule has 0 unspecified atom stereocenters. The summed E-state index contributed by atoms with van der Waals surface area (Å²) in [4.78, 5) is 0. The van der Waals surface area contributed by atoms with Crippen LogP contribution in [0.1, 0.15) is 39.5 Å². The Morgan fingerprint density at radius 1 is 1.17 bits per heavy atom. The van der Waals surface area contributed by atoms with E-state index in [-0.39, 0.29) is 0 Å². The molecule has 0 aromatic carbocycles. The van der Waals surface area contributed by atoms with E-state index in [1.165, 1.54) is 0 Å². The third-order valence-electron chi connectivity index (χ3n) is 1.71. The topological polar surface area (TPSA) is 65.2 Å². The molecule has 0 aromatic heterocycles. The summed E-state index contributed by atoms with van der Waals surface area (Å²) in [7, 11) is 0. The highest BCUT2D eigenvalue weighted by Crippen LogP contribution is 2.01. The number of nitrogens with zero attached hydrogens (tertiary/aromatic N) is 2. The number of rotatable bonds is 5. The molecule has 0 aliphatic rings. The summed E-state index contributed by atoms with van der Waals surface area (Å²) in [5.41, 5.74) is 0.847. The van der Waals surface area contributed by atoms with E-state index in [9.17, 15) is 0 Å². The van der Waals surface area contributed by atoms with Crippen LogP contribution in [0.3, 0.4) is 0 Å². The van der Waals surface area contributed by atoms with E-state index in [2.05, 4.69) is 17.2 Å². The van der Waals surface area contributed by atoms with Gasteiger partial charge in [-0.25, -0.2) is 0 Å². The molecule has 0 fully saturated rings. The second-order valence-corrected chi connectivity index (χ2v) is 2.69. The van der Waals surface area contributed by atoms with Gasteiger partial charge in [0.05, 0.1) is 0 Å². The largest absolute Gasteiger partial charge is 0.411 e. The number of hydrogen-bond acceptors (Lipinski definition) is 4. The first-order valence-electron chi connectivity index (χ1n) is 4.16. The van der Waals surface area contributed by atoms with E-state index >= 15 is 0 Å². The first-order chi connectivity index (χ1) is 5.76. The first kappa shape index (κ1) is 10.9. The Bertz CT molecular complexity index is 176. The molecule has 2 N–H and O–H groups in total. The molecule has 0 aliphatic heterocycles. The Morgan fingerprint density at radius 2 is 1.83 bits per heavy atom. The Morgan fingerprint density at radius 3 is 2.25 bits per heavy atom. The Labute approximate surface area is 72.6 Å². The van der Waals surface area contributed by atoms with Gasteiger partial charge in [-0.05, 0) is 19.8 Å². The fourth-order valence-electron chi connectivity index (χ4n) is 0.903. The highest BCUT2D eigenvalue weighted by molar-refractivity contribution is 6.41. The van der Waals surface area contributed by atoms with Crippen LogP contribution in [0.4, 0.5) is 0 Å². The molecule has 0 radical (unpaired) electrons. The van der Waals surface area contributed by atoms with Gasteiger partial charge in [-0.2, -0.15) is 0 Å². The van der Waals surface area contributed by atoms with Crippen LogP contribution < -0.4 is 0 Å². The van der Waals surface area contributed by atoms with Crippen LogP contribution in [-0.2, 0) is 0 Å². The minimum atomic E-state index is 0.383. The van der Waals surface area contributed by atoms with Gasteiger partial charge in [0.25, 0.3) is 0 Å². The molecule has 0 aromatic rings. The van der Waals surface area contributed by atoms with Gasteiger partial charge < -0.3 is 10.4 Å². The molecule has 0 saturated carbocycles. The molecule has 0 rings (SSSR count). The van der Waals surface area contributed by atoms with E-state index in [0.29, 0.717) is 17.8 Å². The van der Waals surface area contributed by atoms with Crippen molar-refractivity contribution in [2.75, 3.05) is 0 Å². The van der Waals surface area contributed by atoms with Gasteiger partial charge in [-0.15, -0.1) is 0 Å². The van der Waals surface area contributed by atoms with Crippen molar-refractivity contribution in [2.45, 2.75) is 39.5 Å². The molecule has 0 spiro atoms. The molecular weight excluding hydrogens is 156 g/mol. The zero-order valence-corrected chi connectivity index (χ0v) is 7.62. The highest BCUT2D eigenvalue weighted by Gasteiger charge is 2.03. The molecule has 4 nitrogen and oxygen atoms in total. The molecule has 70 valence electrons. The van der Waals surface area contributed by atoms with Gasteiger partial charge in [0, 0.05) is 0 Å². The highest BCUT2D eigenvalue weighted by atomic mass is 16.4. The van der Waals surface area contributed by atoms with E-state index in [4.69, 9.17) is 10.4 Å². The van der Waals surface area contributed by atoms with Crippen molar-refractivity contribution < 1.29 is 10.4 Å². The van der Waals surface area contributed by atoms with Crippen LogP contribution in [0, 0.1) is 0 Å². The number of hydrogen-bond donors (Lipinski definition) is 2. The zero-order chi connectivity index (χ0) is 9.40. The predicted molar refractivity (Wildman–Crippen MR) is 48.3 cm³/mol. The molecule has 4 heteroatoms. The maximum Gasteiger partial charge on any atom is 0.104 e. The summed E-state index contributed by atoms with van der Waals surface area (Å²) in [5.74, 6) is 0. The molecule has 12 heavy (non-hydrogen) atoms. The molecule has 0 amide bonds. The van der Waals surface area contributed by atoms with Crippen molar-refractivity contribution in [3.63, 3.8) is 0 Å². The van der Waals surface area contributed by atoms with Gasteiger partial charge in [-0.1, -0.05) is 30.1 Å². The van der Waals surface area contributed by atoms with E-state index < -0.39 is 0 Å². The lowest BCUT2D eigenvalue weighted by atomic mass is 10.1. The maximum absolute atomic E-state index is 8.52. The third-order valence-corrected chi connectivity index (χ3v) is 1.71. The summed E-state index contributed by atoms with van der Waals surface area (Å²) in [6, 6.07) is 0. The van der Waals surface area contributed by atoms with Crippen LogP contribution in [0.5, 0.6) is 0 Å². The average Bonchev–Trinajstić information content (AvgIpc) is 2.11. The summed E-state index contributed by atoms with van der Waals surface area (Å²) in [5, 5.41) is 22.9. The van der Waals surface area contributed by atoms with Crippen molar-refractivity contribution in [1.82, 2.24) is 0 Å². The Hall–Kier alpha value is -1.06. The monoisotopic (exact) mass is 172 g/mol. The molecule has 0 heterocycles. The Balaban J connectivity index is 3.86. The van der Waals surface area contributed by atoms with Crippen LogP contribution in [0.25, 0.3) is 0 Å². The number of oxime groups is 2. The molecular formula is C8H16N2O2. The van der Waals surface area contributed by atoms with Crippen LogP contribution >= 0.6 is 0 Å². The van der Waals surface area contributed by atoms with Crippen LogP contribution in [0.2, 0.25) is 0 Å². The van der Waals surface area contributed by atoms with E-state index in [1.807, 2.05) is 0 Å². The summed E-state index contributed by atoms with van der Waals surface area (Å²) >= 11 is 0. The van der Waals surface area contributed by atoms with Crippen LogP contribution in [0.15, 0.2) is 10.3 Å². The lowest BCUT2D eigenvalue weighted by Gasteiger charge is -2.00. The molecule has 0 aliphatic carbocycles. The SMILES string of the molecule is CCCCCC(=N/O)/C(C)=N\O. The fourth-order valence-corrected chi connectivity index (χ4v) is 0.903. The lowest BCUT2D eigenvalue weighted by molar-refractivity contribution is 0.313. The van der Waals surface area contributed by atoms with Crippen molar-refractivity contribution in [3.05, 3.63) is 0 Å². The quantitative estimate of drug-likeness (QED) is 0.289. The maximum atomic E-state index is 8.52. The van der Waals surface area contributed by atoms with E-state index in [1.54, 1.807) is 6.92 Å². The van der Waals surface area contributed by atoms with Crippen molar-refractivity contribution in [2.24, 2.45) is 10.3 Å². The normalized spacial score (nSPS) is 13.5. The van der Waals surface area contributed by atoms with Crippen molar-refractivity contribution >= 4 is 11.4 Å². The van der Waals surface area contributed by atoms with Crippen molar-refractivity contribution in [3.8, 4) is 0 Å². The van der Waals surface area contributed by atoms with Crippen LogP contribution in [-0.4, -0.2) is 21.8 Å². The minimum Gasteiger partial charge on any atom is -0.411 e. The summed E-state index contributed by atoms with van der Waals surface area (Å²) in [6.07, 6.45) is 3.84. The minimum absolute atomic E-state index is 0.383. The van der Waals surface area contributed by atoms with Gasteiger partial charge in [-0.3, -0.25) is 0 Å². The second-order valence-electron chi connectivity index (χ2n) is 2.69. The van der Waals surface area contributed by atoms with Crippen molar-refractivity contribution in [1.29, 1.82) is 0 Å². The first-order valence-corrected chi connectivity index (χ1v) is 4.16. The smallest absolute Gasteiger partial charge is 0.104 e. The fraction of sp³-hybridized carbons (Fsp3) is 0.750. The average molecular weight is 172 g/mol. The zero-order valence-electron chi connectivity index (χ0n) is 7.62. The van der Waals surface area contributed by atoms with Gasteiger partial charge >= 0.3 is 0 Å². The van der Waals surface area contributed by atoms with Gasteiger partial charge in [0.1, 0.15) is 11.4 Å². The molecule has 0 saturated heterocycles. The number of unbranched alkanes of at least 4 members (excludes halogenated alkanes) is 2.